The number of aliphatic imine (C=N–C) groups is 1. The number of nitrogens with zero attached hydrogens (tertiary/aromatic N) is 1. The van der Waals surface area contributed by atoms with Crippen LogP contribution in [0.4, 0.5) is 0 Å². The molecule has 2 N–H and O–H groups in total. The molecule has 0 saturated carbocycles. The number of nitrogens with one attached hydrogen (secondary N) is 1. The van der Waals surface area contributed by atoms with E-state index in [0.29, 0.717) is 0 Å². The van der Waals surface area contributed by atoms with Crippen molar-refractivity contribution in [3.8, 4) is 0 Å². The van der Waals surface area contributed by atoms with Gasteiger partial charge in [-0.3, -0.25) is 4.99 Å². The van der Waals surface area contributed by atoms with Crippen LogP contribution in [0.3, 0.4) is 0 Å². The lowest BCUT2D eigenvalue weighted by atomic mass is 10.2. The summed E-state index contributed by atoms with van der Waals surface area (Å²) in [5.74, 6) is 0.970. The smallest absolute Gasteiger partial charge is 0.122 e. The average molecular weight is 156 g/mol. The molecule has 1 atom stereocenters. The second-order valence-corrected chi connectivity index (χ2v) is 2.96. The van der Waals surface area contributed by atoms with Gasteiger partial charge in [-0.15, -0.1) is 0 Å². The molecule has 11 heavy (non-hydrogen) atoms. The van der Waals surface area contributed by atoms with Crippen LogP contribution in [-0.4, -0.2) is 23.7 Å². The Bertz CT molecular complexity index is 143. The van der Waals surface area contributed by atoms with E-state index in [1.807, 2.05) is 0 Å². The van der Waals surface area contributed by atoms with Crippen LogP contribution >= 0.6 is 0 Å². The predicted molar refractivity (Wildman–Crippen MR) is 45.6 cm³/mol. The Hall–Kier alpha value is -0.570. The lowest BCUT2D eigenvalue weighted by molar-refractivity contribution is 0.179. The van der Waals surface area contributed by atoms with Crippen molar-refractivity contribution in [2.45, 2.75) is 38.8 Å². The van der Waals surface area contributed by atoms with E-state index in [0.717, 1.165) is 18.8 Å². The molecule has 0 aromatic heterocycles. The van der Waals surface area contributed by atoms with Gasteiger partial charge in [0.25, 0.3) is 0 Å². The third kappa shape index (κ3) is 3.37. The van der Waals surface area contributed by atoms with E-state index in [1.165, 1.54) is 19.3 Å². The lowest BCUT2D eigenvalue weighted by Gasteiger charge is -2.09. The van der Waals surface area contributed by atoms with Crippen molar-refractivity contribution >= 4 is 5.84 Å². The van der Waals surface area contributed by atoms with Gasteiger partial charge in [0, 0.05) is 13.0 Å². The number of hydrogen-bond donors (Lipinski definition) is 2. The topological polar surface area (TPSA) is 44.6 Å². The Morgan fingerprint density at radius 1 is 1.45 bits per heavy atom. The van der Waals surface area contributed by atoms with Gasteiger partial charge in [0.2, 0.25) is 0 Å². The fourth-order valence-corrected chi connectivity index (χ4v) is 1.23. The maximum absolute atomic E-state index is 9.00. The highest BCUT2D eigenvalue weighted by Crippen LogP contribution is 2.05. The standard InChI is InChI=1S/C8H16N2O/c1-7(11)10-8-5-3-2-4-6-9-8/h7,11H,2-6H2,1H3,(H,9,10). The first-order valence-corrected chi connectivity index (χ1v) is 4.27. The van der Waals surface area contributed by atoms with E-state index >= 15 is 0 Å². The normalized spacial score (nSPS) is 21.8. The molecule has 1 rings (SSSR count). The first-order chi connectivity index (χ1) is 5.29. The molecular weight excluding hydrogens is 140 g/mol. The molecule has 0 spiro atoms. The molecule has 1 heterocycles. The molecule has 0 bridgehead atoms. The van der Waals surface area contributed by atoms with Gasteiger partial charge >= 0.3 is 0 Å². The van der Waals surface area contributed by atoms with Gasteiger partial charge in [0.15, 0.2) is 0 Å². The highest BCUT2D eigenvalue weighted by atomic mass is 16.3. The fraction of sp³-hybridized carbons (Fsp3) is 0.875. The molecule has 0 fully saturated rings. The summed E-state index contributed by atoms with van der Waals surface area (Å²) in [6.45, 7) is 2.63. The summed E-state index contributed by atoms with van der Waals surface area (Å²) < 4.78 is 0. The summed E-state index contributed by atoms with van der Waals surface area (Å²) in [6.07, 6.45) is 4.16. The summed E-state index contributed by atoms with van der Waals surface area (Å²) in [4.78, 5) is 4.31. The molecule has 0 amide bonds. The maximum atomic E-state index is 9.00. The zero-order chi connectivity index (χ0) is 8.10. The molecule has 64 valence electrons. The summed E-state index contributed by atoms with van der Waals surface area (Å²) >= 11 is 0. The van der Waals surface area contributed by atoms with Crippen molar-refractivity contribution < 1.29 is 5.11 Å². The molecule has 1 aliphatic rings. The van der Waals surface area contributed by atoms with Gasteiger partial charge in [-0.1, -0.05) is 6.42 Å². The van der Waals surface area contributed by atoms with Crippen molar-refractivity contribution in [1.29, 1.82) is 0 Å². The van der Waals surface area contributed by atoms with Crippen molar-refractivity contribution in [2.75, 3.05) is 6.54 Å². The molecule has 1 unspecified atom stereocenters. The summed E-state index contributed by atoms with van der Waals surface area (Å²) in [6, 6.07) is 0. The third-order valence-corrected chi connectivity index (χ3v) is 1.75. The highest BCUT2D eigenvalue weighted by Gasteiger charge is 2.04. The summed E-state index contributed by atoms with van der Waals surface area (Å²) in [5, 5.41) is 11.9. The molecular formula is C8H16N2O. The second-order valence-electron chi connectivity index (χ2n) is 2.96. The average Bonchev–Trinajstić information content (AvgIpc) is 2.14. The Morgan fingerprint density at radius 2 is 2.27 bits per heavy atom. The number of aliphatic hydroxyl groups is 1. The Labute approximate surface area is 67.5 Å². The van der Waals surface area contributed by atoms with E-state index in [-0.39, 0.29) is 0 Å². The van der Waals surface area contributed by atoms with Gasteiger partial charge in [-0.2, -0.15) is 0 Å². The zero-order valence-corrected chi connectivity index (χ0v) is 7.01. The molecule has 0 radical (unpaired) electrons. The minimum Gasteiger partial charge on any atom is -0.374 e. The van der Waals surface area contributed by atoms with Gasteiger partial charge in [-0.25, -0.2) is 0 Å². The molecule has 1 aliphatic heterocycles. The SMILES string of the molecule is CC(O)NC1=NCCCCC1. The van der Waals surface area contributed by atoms with E-state index in [9.17, 15) is 0 Å². The largest absolute Gasteiger partial charge is 0.374 e. The van der Waals surface area contributed by atoms with Crippen LogP contribution in [0.15, 0.2) is 4.99 Å². The Balaban J connectivity index is 2.34. The van der Waals surface area contributed by atoms with E-state index in [2.05, 4.69) is 10.3 Å². The maximum Gasteiger partial charge on any atom is 0.122 e. The Kier molecular flexibility index (Phi) is 3.36. The molecule has 0 saturated heterocycles. The quantitative estimate of drug-likeness (QED) is 0.554. The van der Waals surface area contributed by atoms with E-state index in [4.69, 9.17) is 5.11 Å². The Morgan fingerprint density at radius 3 is 3.00 bits per heavy atom. The van der Waals surface area contributed by atoms with Gasteiger partial charge in [0.05, 0.1) is 5.84 Å². The van der Waals surface area contributed by atoms with Crippen LogP contribution in [0.5, 0.6) is 0 Å². The molecule has 3 heteroatoms. The van der Waals surface area contributed by atoms with Crippen LogP contribution in [0.1, 0.15) is 32.6 Å². The first kappa shape index (κ1) is 8.53. The number of amidine groups is 1. The van der Waals surface area contributed by atoms with Gasteiger partial charge in [0.1, 0.15) is 6.23 Å². The molecule has 3 nitrogen and oxygen atoms in total. The van der Waals surface area contributed by atoms with E-state index < -0.39 is 6.23 Å². The third-order valence-electron chi connectivity index (χ3n) is 1.75. The zero-order valence-electron chi connectivity index (χ0n) is 7.01. The van der Waals surface area contributed by atoms with Crippen molar-refractivity contribution in [1.82, 2.24) is 5.32 Å². The van der Waals surface area contributed by atoms with E-state index in [1.54, 1.807) is 6.92 Å². The van der Waals surface area contributed by atoms with Crippen molar-refractivity contribution in [3.05, 3.63) is 0 Å². The van der Waals surface area contributed by atoms with Crippen LogP contribution in [-0.2, 0) is 0 Å². The summed E-state index contributed by atoms with van der Waals surface area (Å²) in [5.41, 5.74) is 0. The van der Waals surface area contributed by atoms with Gasteiger partial charge < -0.3 is 10.4 Å². The van der Waals surface area contributed by atoms with Crippen LogP contribution in [0, 0.1) is 0 Å². The number of hydrogen-bond acceptors (Lipinski definition) is 3. The van der Waals surface area contributed by atoms with Gasteiger partial charge in [-0.05, 0) is 19.8 Å². The number of rotatable bonds is 1. The molecule has 0 aliphatic carbocycles. The highest BCUT2D eigenvalue weighted by molar-refractivity contribution is 5.82. The van der Waals surface area contributed by atoms with Crippen molar-refractivity contribution in [3.63, 3.8) is 0 Å². The monoisotopic (exact) mass is 156 g/mol. The summed E-state index contributed by atoms with van der Waals surface area (Å²) in [7, 11) is 0. The fourth-order valence-electron chi connectivity index (χ4n) is 1.23. The van der Waals surface area contributed by atoms with Crippen LogP contribution < -0.4 is 5.32 Å². The van der Waals surface area contributed by atoms with Crippen molar-refractivity contribution in [2.24, 2.45) is 4.99 Å². The van der Waals surface area contributed by atoms with Crippen LogP contribution in [0.2, 0.25) is 0 Å². The molecule has 0 aromatic rings. The lowest BCUT2D eigenvalue weighted by Crippen LogP contribution is -2.31. The minimum absolute atomic E-state index is 0.466. The second kappa shape index (κ2) is 4.34. The first-order valence-electron chi connectivity index (χ1n) is 4.27. The predicted octanol–water partition coefficient (Wildman–Crippen LogP) is 0.887. The molecule has 0 aromatic carbocycles. The number of aliphatic hydroxyl groups excluding tert-OH is 1. The minimum atomic E-state index is -0.466. The van der Waals surface area contributed by atoms with Crippen LogP contribution in [0.25, 0.3) is 0 Å².